The zero-order chi connectivity index (χ0) is 12.3. The fourth-order valence-corrected chi connectivity index (χ4v) is 2.88. The number of nitrogens with zero attached hydrogens (tertiary/aromatic N) is 1. The number of likely N-dealkylation sites (N-methyl/N-ethyl adjacent to an activating group) is 1. The highest BCUT2D eigenvalue weighted by Gasteiger charge is 2.33. The Morgan fingerprint density at radius 1 is 1.24 bits per heavy atom. The van der Waals surface area contributed by atoms with Crippen LogP contribution in [-0.4, -0.2) is 30.5 Å². The first-order valence-electron chi connectivity index (χ1n) is 6.23. The van der Waals surface area contributed by atoms with E-state index in [-0.39, 0.29) is 0 Å². The maximum Gasteiger partial charge on any atom is 0.317 e. The van der Waals surface area contributed by atoms with E-state index in [4.69, 9.17) is 0 Å². The molecule has 1 aliphatic rings. The molecule has 17 heavy (non-hydrogen) atoms. The van der Waals surface area contributed by atoms with Crippen molar-refractivity contribution in [3.8, 4) is 0 Å². The summed E-state index contributed by atoms with van der Waals surface area (Å²) in [6.07, 6.45) is 4.17. The van der Waals surface area contributed by atoms with Crippen LogP contribution in [0.1, 0.15) is 24.8 Å². The Kier molecular flexibility index (Phi) is 4.00. The summed E-state index contributed by atoms with van der Waals surface area (Å²) in [5, 5.41) is 0. The summed E-state index contributed by atoms with van der Waals surface area (Å²) >= 11 is 3.51. The molecule has 1 heterocycles. The van der Waals surface area contributed by atoms with E-state index < -0.39 is 0 Å². The van der Waals surface area contributed by atoms with Crippen molar-refractivity contribution in [1.29, 1.82) is 0 Å². The molecule has 1 saturated heterocycles. The molecule has 1 amide bonds. The lowest BCUT2D eigenvalue weighted by Crippen LogP contribution is -2.53. The van der Waals surface area contributed by atoms with E-state index in [0.29, 0.717) is 16.8 Å². The van der Waals surface area contributed by atoms with E-state index >= 15 is 0 Å². The fraction of sp³-hybridized carbons (Fsp3) is 0.500. The van der Waals surface area contributed by atoms with Gasteiger partial charge in [0.15, 0.2) is 0 Å². The smallest absolute Gasteiger partial charge is 0.263 e. The minimum atomic E-state index is 0.344. The number of likely N-dealkylation sites (tertiary alicyclic amines) is 1. The largest absolute Gasteiger partial charge is 0.317 e. The van der Waals surface area contributed by atoms with Gasteiger partial charge in [-0.3, -0.25) is 4.48 Å². The molecule has 0 spiro atoms. The van der Waals surface area contributed by atoms with Crippen LogP contribution in [0.4, 0.5) is 0 Å². The first kappa shape index (κ1) is 12.8. The third kappa shape index (κ3) is 2.96. The first-order chi connectivity index (χ1) is 8.12. The molecule has 0 unspecified atom stereocenters. The predicted octanol–water partition coefficient (Wildman–Crippen LogP) is 3.15. The van der Waals surface area contributed by atoms with Gasteiger partial charge in [0, 0.05) is 4.47 Å². The summed E-state index contributed by atoms with van der Waals surface area (Å²) in [7, 11) is 2.08. The van der Waals surface area contributed by atoms with Crippen LogP contribution in [0.25, 0.3) is 0 Å². The molecule has 3 heteroatoms. The lowest BCUT2D eigenvalue weighted by Gasteiger charge is -2.35. The SMILES string of the molecule is C[N+]1(C(=O)Cc2ccccc2Br)CCCCC1. The summed E-state index contributed by atoms with van der Waals surface area (Å²) in [5.41, 5.74) is 1.10. The molecular weight excluding hydrogens is 278 g/mol. The van der Waals surface area contributed by atoms with Crippen LogP contribution in [0.3, 0.4) is 0 Å². The van der Waals surface area contributed by atoms with Crippen molar-refractivity contribution in [3.05, 3.63) is 34.3 Å². The maximum absolute atomic E-state index is 12.4. The number of quaternary nitrogens is 1. The molecule has 0 aromatic heterocycles. The van der Waals surface area contributed by atoms with Gasteiger partial charge in [0.25, 0.3) is 0 Å². The standard InChI is InChI=1S/C14H19BrNO/c1-16(9-5-2-6-10-16)14(17)11-12-7-3-4-8-13(12)15/h3-4,7-8H,2,5-6,9-11H2,1H3/q+1. The summed E-state index contributed by atoms with van der Waals surface area (Å²) in [5.74, 6) is 0.344. The minimum Gasteiger partial charge on any atom is -0.263 e. The van der Waals surface area contributed by atoms with Crippen molar-refractivity contribution in [2.75, 3.05) is 20.1 Å². The monoisotopic (exact) mass is 296 g/mol. The number of amides is 1. The average Bonchev–Trinajstić information content (AvgIpc) is 2.33. The van der Waals surface area contributed by atoms with Crippen LogP contribution < -0.4 is 0 Å². The van der Waals surface area contributed by atoms with Gasteiger partial charge >= 0.3 is 5.91 Å². The Hall–Kier alpha value is -0.670. The molecule has 0 saturated carbocycles. The zero-order valence-corrected chi connectivity index (χ0v) is 11.9. The van der Waals surface area contributed by atoms with E-state index in [2.05, 4.69) is 23.0 Å². The van der Waals surface area contributed by atoms with E-state index in [0.717, 1.165) is 23.1 Å². The number of hydrogen-bond donors (Lipinski definition) is 0. The number of halogens is 1. The van der Waals surface area contributed by atoms with Gasteiger partial charge in [-0.25, -0.2) is 4.79 Å². The molecule has 0 aliphatic carbocycles. The van der Waals surface area contributed by atoms with Gasteiger partial charge in [-0.2, -0.15) is 0 Å². The molecule has 92 valence electrons. The van der Waals surface area contributed by atoms with Gasteiger partial charge in [-0.15, -0.1) is 0 Å². The molecule has 0 bridgehead atoms. The van der Waals surface area contributed by atoms with Crippen molar-refractivity contribution in [2.45, 2.75) is 25.7 Å². The van der Waals surface area contributed by atoms with E-state index in [1.54, 1.807) is 0 Å². The predicted molar refractivity (Wildman–Crippen MR) is 72.6 cm³/mol. The van der Waals surface area contributed by atoms with E-state index in [1.165, 1.54) is 19.3 Å². The molecule has 1 fully saturated rings. The van der Waals surface area contributed by atoms with Gasteiger partial charge < -0.3 is 0 Å². The Morgan fingerprint density at radius 2 is 1.88 bits per heavy atom. The van der Waals surface area contributed by atoms with Crippen molar-refractivity contribution >= 4 is 21.8 Å². The van der Waals surface area contributed by atoms with Crippen LogP contribution in [0.15, 0.2) is 28.7 Å². The van der Waals surface area contributed by atoms with Crippen molar-refractivity contribution < 1.29 is 9.28 Å². The maximum atomic E-state index is 12.4. The number of piperidine rings is 1. The Morgan fingerprint density at radius 3 is 2.53 bits per heavy atom. The number of benzene rings is 1. The topological polar surface area (TPSA) is 17.1 Å². The highest BCUT2D eigenvalue weighted by molar-refractivity contribution is 9.10. The van der Waals surface area contributed by atoms with Crippen LogP contribution >= 0.6 is 15.9 Å². The molecule has 1 aromatic rings. The molecule has 0 atom stereocenters. The quantitative estimate of drug-likeness (QED) is 0.766. The van der Waals surface area contributed by atoms with Crippen LogP contribution in [-0.2, 0) is 11.2 Å². The zero-order valence-electron chi connectivity index (χ0n) is 10.3. The van der Waals surface area contributed by atoms with Crippen LogP contribution in [0.5, 0.6) is 0 Å². The lowest BCUT2D eigenvalue weighted by atomic mass is 10.1. The number of carbonyl (C=O) groups excluding carboxylic acids is 1. The second-order valence-electron chi connectivity index (χ2n) is 5.07. The Balaban J connectivity index is 2.08. The third-order valence-corrected chi connectivity index (χ3v) is 4.48. The Labute approximate surface area is 111 Å². The van der Waals surface area contributed by atoms with Gasteiger partial charge in [0.2, 0.25) is 0 Å². The van der Waals surface area contributed by atoms with Crippen LogP contribution in [0.2, 0.25) is 0 Å². The number of hydrogen-bond acceptors (Lipinski definition) is 1. The Bertz CT molecular complexity index is 410. The lowest BCUT2D eigenvalue weighted by molar-refractivity contribution is -0.839. The third-order valence-electron chi connectivity index (χ3n) is 3.70. The second kappa shape index (κ2) is 5.32. The summed E-state index contributed by atoms with van der Waals surface area (Å²) in [6, 6.07) is 8.00. The highest BCUT2D eigenvalue weighted by atomic mass is 79.9. The highest BCUT2D eigenvalue weighted by Crippen LogP contribution is 2.21. The van der Waals surface area contributed by atoms with E-state index in [1.807, 2.05) is 24.3 Å². The number of rotatable bonds is 2. The second-order valence-corrected chi connectivity index (χ2v) is 5.92. The molecule has 0 N–H and O–H groups in total. The van der Waals surface area contributed by atoms with Gasteiger partial charge in [-0.05, 0) is 30.9 Å². The normalized spacial score (nSPS) is 18.9. The molecule has 1 aliphatic heterocycles. The minimum absolute atomic E-state index is 0.344. The fourth-order valence-electron chi connectivity index (χ4n) is 2.46. The summed E-state index contributed by atoms with van der Waals surface area (Å²) in [6.45, 7) is 2.01. The summed E-state index contributed by atoms with van der Waals surface area (Å²) < 4.78 is 1.65. The van der Waals surface area contributed by atoms with Crippen molar-refractivity contribution in [1.82, 2.24) is 0 Å². The average molecular weight is 297 g/mol. The van der Waals surface area contributed by atoms with Crippen molar-refractivity contribution in [3.63, 3.8) is 0 Å². The van der Waals surface area contributed by atoms with Crippen LogP contribution in [0, 0.1) is 0 Å². The summed E-state index contributed by atoms with van der Waals surface area (Å²) in [4.78, 5) is 12.4. The van der Waals surface area contributed by atoms with Crippen molar-refractivity contribution in [2.24, 2.45) is 0 Å². The molecular formula is C14H19BrNO+. The van der Waals surface area contributed by atoms with E-state index in [9.17, 15) is 4.79 Å². The molecule has 2 nitrogen and oxygen atoms in total. The first-order valence-corrected chi connectivity index (χ1v) is 7.02. The van der Waals surface area contributed by atoms with Gasteiger partial charge in [0.1, 0.15) is 0 Å². The molecule has 0 radical (unpaired) electrons. The number of carbonyl (C=O) groups is 1. The van der Waals surface area contributed by atoms with Gasteiger partial charge in [0.05, 0.1) is 26.6 Å². The molecule has 2 rings (SSSR count). The van der Waals surface area contributed by atoms with Gasteiger partial charge in [-0.1, -0.05) is 34.1 Å². The molecule has 1 aromatic carbocycles.